The lowest BCUT2D eigenvalue weighted by Gasteiger charge is -2.45. The van der Waals surface area contributed by atoms with Gasteiger partial charge in [-0.15, -0.1) is 0 Å². The van der Waals surface area contributed by atoms with E-state index in [0.29, 0.717) is 39.6 Å². The number of rotatable bonds is 16. The number of benzene rings is 4. The maximum atomic E-state index is 6.68. The van der Waals surface area contributed by atoms with Gasteiger partial charge < -0.3 is 29.4 Å². The number of nitrogens with two attached hydrogens (primary N) is 1. The van der Waals surface area contributed by atoms with Gasteiger partial charge in [0.05, 0.1) is 39.1 Å². The molecule has 1 aliphatic heterocycles. The van der Waals surface area contributed by atoms with E-state index < -0.39 is 6.10 Å². The second kappa shape index (κ2) is 17.2. The predicted octanol–water partition coefficient (Wildman–Crippen LogP) is 6.29. The molecule has 1 heterocycles. The van der Waals surface area contributed by atoms with E-state index in [0.717, 1.165) is 29.5 Å². The normalized spacial score (nSPS) is 21.7. The van der Waals surface area contributed by atoms with Crippen molar-refractivity contribution in [2.24, 2.45) is 5.73 Å². The molecule has 0 aliphatic carbocycles. The summed E-state index contributed by atoms with van der Waals surface area (Å²) in [6.07, 6.45) is 0.0709. The molecule has 0 radical (unpaired) electrons. The van der Waals surface area contributed by atoms with Gasteiger partial charge in [0.25, 0.3) is 0 Å². The molecule has 5 rings (SSSR count). The van der Waals surface area contributed by atoms with E-state index in [1.54, 1.807) is 0 Å². The molecule has 232 valence electrons. The summed E-state index contributed by atoms with van der Waals surface area (Å²) in [6.45, 7) is 5.03. The van der Waals surface area contributed by atoms with Crippen molar-refractivity contribution in [3.63, 3.8) is 0 Å². The van der Waals surface area contributed by atoms with Gasteiger partial charge in [0.1, 0.15) is 24.4 Å². The lowest BCUT2D eigenvalue weighted by molar-refractivity contribution is -0.268. The zero-order valence-corrected chi connectivity index (χ0v) is 25.6. The van der Waals surface area contributed by atoms with Crippen LogP contribution in [0, 0.1) is 0 Å². The minimum absolute atomic E-state index is 0.222. The summed E-state index contributed by atoms with van der Waals surface area (Å²) in [7, 11) is 0. The summed E-state index contributed by atoms with van der Waals surface area (Å²) in [4.78, 5) is 0. The average Bonchev–Trinajstić information content (AvgIpc) is 3.07. The average molecular weight is 596 g/mol. The van der Waals surface area contributed by atoms with Gasteiger partial charge in [-0.25, -0.2) is 0 Å². The summed E-state index contributed by atoms with van der Waals surface area (Å²) >= 11 is 0. The van der Waals surface area contributed by atoms with Crippen molar-refractivity contribution in [2.45, 2.75) is 70.1 Å². The molecule has 2 N–H and O–H groups in total. The van der Waals surface area contributed by atoms with E-state index in [1.807, 2.05) is 54.6 Å². The van der Waals surface area contributed by atoms with Crippen LogP contribution in [0.1, 0.15) is 34.7 Å². The first kappa shape index (κ1) is 32.0. The van der Waals surface area contributed by atoms with Gasteiger partial charge in [0.2, 0.25) is 0 Å². The summed E-state index contributed by atoms with van der Waals surface area (Å²) in [5.41, 5.74) is 11.5. The Morgan fingerprint density at radius 1 is 0.545 bits per heavy atom. The van der Waals surface area contributed by atoms with Crippen LogP contribution in [-0.2, 0) is 56.3 Å². The van der Waals surface area contributed by atoms with Crippen LogP contribution in [0.5, 0.6) is 0 Å². The molecule has 1 saturated heterocycles. The number of hydrogen-bond acceptors (Lipinski definition) is 6. The fourth-order valence-corrected chi connectivity index (χ4v) is 5.58. The SMILES string of the molecule is CC1OC(COCCc2ccc(CCN)cc2)C(OCc2ccccc2)C(OCc2ccccc2)C1OCc1ccccc1. The second-order valence-electron chi connectivity index (χ2n) is 11.3. The maximum absolute atomic E-state index is 6.68. The van der Waals surface area contributed by atoms with Crippen molar-refractivity contribution in [1.29, 1.82) is 0 Å². The molecule has 1 fully saturated rings. The van der Waals surface area contributed by atoms with Gasteiger partial charge in [-0.2, -0.15) is 0 Å². The predicted molar refractivity (Wildman–Crippen MR) is 173 cm³/mol. The highest BCUT2D eigenvalue weighted by atomic mass is 16.6. The monoisotopic (exact) mass is 595 g/mol. The standard InChI is InChI=1S/C38H45NO5/c1-29-36(41-25-32-11-5-2-6-12-32)38(43-27-34-15-9-4-10-16-34)37(42-26-33-13-7-3-8-14-33)35(44-29)28-40-24-22-31-19-17-30(18-20-31)21-23-39/h2-20,29,35-38H,21-28,39H2,1H3. The summed E-state index contributed by atoms with van der Waals surface area (Å²) < 4.78 is 32.7. The Labute approximate surface area is 262 Å². The zero-order chi connectivity index (χ0) is 30.4. The third-order valence-corrected chi connectivity index (χ3v) is 8.00. The number of hydrogen-bond donors (Lipinski definition) is 1. The van der Waals surface area contributed by atoms with E-state index in [9.17, 15) is 0 Å². The van der Waals surface area contributed by atoms with E-state index in [4.69, 9.17) is 29.4 Å². The lowest BCUT2D eigenvalue weighted by Crippen LogP contribution is -2.60. The number of ether oxygens (including phenoxy) is 5. The highest BCUT2D eigenvalue weighted by Crippen LogP contribution is 2.30. The Bertz CT molecular complexity index is 1340. The topological polar surface area (TPSA) is 72.2 Å². The first-order valence-corrected chi connectivity index (χ1v) is 15.7. The molecule has 6 nitrogen and oxygen atoms in total. The van der Waals surface area contributed by atoms with E-state index in [1.165, 1.54) is 11.1 Å². The van der Waals surface area contributed by atoms with Gasteiger partial charge in [0, 0.05) is 0 Å². The van der Waals surface area contributed by atoms with Crippen LogP contribution in [-0.4, -0.2) is 50.3 Å². The van der Waals surface area contributed by atoms with E-state index in [-0.39, 0.29) is 24.4 Å². The smallest absolute Gasteiger partial charge is 0.115 e. The quantitative estimate of drug-likeness (QED) is 0.154. The lowest BCUT2D eigenvalue weighted by atomic mass is 9.94. The third kappa shape index (κ3) is 9.57. The molecule has 0 saturated carbocycles. The molecule has 5 unspecified atom stereocenters. The molecule has 4 aromatic rings. The molecule has 5 atom stereocenters. The Hall–Kier alpha value is -3.36. The minimum Gasteiger partial charge on any atom is -0.378 e. The molecular formula is C38H45NO5. The van der Waals surface area contributed by atoms with Crippen LogP contribution in [0.2, 0.25) is 0 Å². The highest BCUT2D eigenvalue weighted by molar-refractivity contribution is 5.23. The van der Waals surface area contributed by atoms with Crippen LogP contribution in [0.25, 0.3) is 0 Å². The second-order valence-corrected chi connectivity index (χ2v) is 11.3. The summed E-state index contributed by atoms with van der Waals surface area (Å²) in [5, 5.41) is 0. The van der Waals surface area contributed by atoms with Crippen molar-refractivity contribution in [3.8, 4) is 0 Å². The van der Waals surface area contributed by atoms with Crippen molar-refractivity contribution < 1.29 is 23.7 Å². The molecule has 0 aromatic heterocycles. The molecule has 0 amide bonds. The van der Waals surface area contributed by atoms with E-state index >= 15 is 0 Å². The molecule has 4 aromatic carbocycles. The minimum atomic E-state index is -0.397. The fourth-order valence-electron chi connectivity index (χ4n) is 5.58. The Morgan fingerprint density at radius 2 is 1.00 bits per heavy atom. The van der Waals surface area contributed by atoms with Crippen LogP contribution in [0.3, 0.4) is 0 Å². The van der Waals surface area contributed by atoms with Gasteiger partial charge in [0.15, 0.2) is 0 Å². The van der Waals surface area contributed by atoms with Crippen LogP contribution in [0.15, 0.2) is 115 Å². The Kier molecular flexibility index (Phi) is 12.5. The fraction of sp³-hybridized carbons (Fsp3) is 0.368. The molecule has 44 heavy (non-hydrogen) atoms. The van der Waals surface area contributed by atoms with Crippen molar-refractivity contribution in [3.05, 3.63) is 143 Å². The van der Waals surface area contributed by atoms with Crippen LogP contribution < -0.4 is 5.73 Å². The first-order chi connectivity index (χ1) is 21.7. The van der Waals surface area contributed by atoms with Crippen LogP contribution in [0.4, 0.5) is 0 Å². The summed E-state index contributed by atoms with van der Waals surface area (Å²) in [6, 6.07) is 39.2. The summed E-state index contributed by atoms with van der Waals surface area (Å²) in [5.74, 6) is 0. The Balaban J connectivity index is 1.30. The van der Waals surface area contributed by atoms with Gasteiger partial charge in [-0.3, -0.25) is 0 Å². The van der Waals surface area contributed by atoms with Crippen molar-refractivity contribution in [2.75, 3.05) is 19.8 Å². The molecular weight excluding hydrogens is 550 g/mol. The van der Waals surface area contributed by atoms with E-state index in [2.05, 4.69) is 67.6 Å². The largest absolute Gasteiger partial charge is 0.378 e. The first-order valence-electron chi connectivity index (χ1n) is 15.7. The third-order valence-electron chi connectivity index (χ3n) is 8.00. The van der Waals surface area contributed by atoms with Gasteiger partial charge >= 0.3 is 0 Å². The Morgan fingerprint density at radius 3 is 1.50 bits per heavy atom. The molecule has 6 heteroatoms. The maximum Gasteiger partial charge on any atom is 0.115 e. The van der Waals surface area contributed by atoms with Crippen molar-refractivity contribution in [1.82, 2.24) is 0 Å². The molecule has 0 spiro atoms. The van der Waals surface area contributed by atoms with Gasteiger partial charge in [-0.1, -0.05) is 115 Å². The zero-order valence-electron chi connectivity index (χ0n) is 25.6. The molecule has 0 bridgehead atoms. The highest BCUT2D eigenvalue weighted by Gasteiger charge is 2.46. The van der Waals surface area contributed by atoms with Crippen molar-refractivity contribution >= 4 is 0 Å². The molecule has 1 aliphatic rings. The van der Waals surface area contributed by atoms with Crippen LogP contribution >= 0.6 is 0 Å². The van der Waals surface area contributed by atoms with Gasteiger partial charge in [-0.05, 0) is 54.1 Å².